The molecule has 2 aromatic rings. The van der Waals surface area contributed by atoms with E-state index in [1.807, 2.05) is 36.4 Å². The van der Waals surface area contributed by atoms with Crippen LogP contribution in [-0.2, 0) is 16.1 Å². The summed E-state index contributed by atoms with van der Waals surface area (Å²) in [5.41, 5.74) is 0.370. The number of aliphatic hydroxyl groups is 1. The Balaban J connectivity index is 1.62. The molecule has 6 heteroatoms. The predicted octanol–water partition coefficient (Wildman–Crippen LogP) is 3.01. The molecule has 1 aliphatic rings. The van der Waals surface area contributed by atoms with E-state index < -0.39 is 17.6 Å². The van der Waals surface area contributed by atoms with E-state index in [2.05, 4.69) is 0 Å². The first kappa shape index (κ1) is 18.9. The van der Waals surface area contributed by atoms with Crippen molar-refractivity contribution in [3.63, 3.8) is 0 Å². The minimum absolute atomic E-state index is 0.0718. The molecule has 1 unspecified atom stereocenters. The minimum atomic E-state index is -0.946. The van der Waals surface area contributed by atoms with E-state index in [9.17, 15) is 14.7 Å². The second-order valence-corrected chi connectivity index (χ2v) is 6.62. The molecule has 6 nitrogen and oxygen atoms in total. The Morgan fingerprint density at radius 3 is 2.33 bits per heavy atom. The zero-order valence-corrected chi connectivity index (χ0v) is 15.0. The fraction of sp³-hybridized carbons (Fsp3) is 0.333. The Kier molecular flexibility index (Phi) is 6.08. The number of nitrogens with zero attached hydrogens (tertiary/aromatic N) is 1. The zero-order valence-electron chi connectivity index (χ0n) is 15.0. The van der Waals surface area contributed by atoms with Crippen molar-refractivity contribution in [2.24, 2.45) is 0 Å². The SMILES string of the molecule is O=C(OCC1(CO)CCCN1C(=O)OCc1ccccc1)c1ccccc1. The largest absolute Gasteiger partial charge is 0.459 e. The summed E-state index contributed by atoms with van der Waals surface area (Å²) in [5.74, 6) is -0.479. The number of benzene rings is 2. The van der Waals surface area contributed by atoms with Crippen LogP contribution < -0.4 is 0 Å². The number of esters is 1. The number of amides is 1. The maximum atomic E-state index is 12.6. The molecule has 0 spiro atoms. The molecule has 0 radical (unpaired) electrons. The van der Waals surface area contributed by atoms with Crippen LogP contribution in [0.5, 0.6) is 0 Å². The lowest BCUT2D eigenvalue weighted by Gasteiger charge is -2.35. The average molecular weight is 369 g/mol. The van der Waals surface area contributed by atoms with Gasteiger partial charge in [0.05, 0.1) is 12.2 Å². The zero-order chi connectivity index (χ0) is 19.1. The molecule has 1 amide bonds. The highest BCUT2D eigenvalue weighted by atomic mass is 16.6. The maximum Gasteiger partial charge on any atom is 0.410 e. The van der Waals surface area contributed by atoms with E-state index in [4.69, 9.17) is 9.47 Å². The van der Waals surface area contributed by atoms with Gasteiger partial charge in [-0.3, -0.25) is 4.90 Å². The number of ether oxygens (including phenoxy) is 2. The first-order valence-corrected chi connectivity index (χ1v) is 8.96. The Hall–Kier alpha value is -2.86. The van der Waals surface area contributed by atoms with E-state index in [1.54, 1.807) is 24.3 Å². The van der Waals surface area contributed by atoms with E-state index in [0.717, 1.165) is 5.56 Å². The summed E-state index contributed by atoms with van der Waals surface area (Å²) in [4.78, 5) is 26.2. The minimum Gasteiger partial charge on any atom is -0.459 e. The summed E-state index contributed by atoms with van der Waals surface area (Å²) in [7, 11) is 0. The van der Waals surface area contributed by atoms with Crippen LogP contribution in [0.2, 0.25) is 0 Å². The Labute approximate surface area is 158 Å². The lowest BCUT2D eigenvalue weighted by atomic mass is 9.99. The second kappa shape index (κ2) is 8.68. The maximum absolute atomic E-state index is 12.6. The summed E-state index contributed by atoms with van der Waals surface area (Å²) >= 11 is 0. The van der Waals surface area contributed by atoms with Crippen molar-refractivity contribution >= 4 is 12.1 Å². The molecule has 3 rings (SSSR count). The Bertz CT molecular complexity index is 765. The van der Waals surface area contributed by atoms with Gasteiger partial charge < -0.3 is 14.6 Å². The summed E-state index contributed by atoms with van der Waals surface area (Å²) in [6.07, 6.45) is 0.747. The number of hydrogen-bond acceptors (Lipinski definition) is 5. The second-order valence-electron chi connectivity index (χ2n) is 6.62. The summed E-state index contributed by atoms with van der Waals surface area (Å²) in [5, 5.41) is 9.96. The molecule has 1 fully saturated rings. The molecule has 1 atom stereocenters. The fourth-order valence-corrected chi connectivity index (χ4v) is 3.24. The lowest BCUT2D eigenvalue weighted by molar-refractivity contribution is -0.0114. The number of hydrogen-bond donors (Lipinski definition) is 1. The van der Waals surface area contributed by atoms with Crippen molar-refractivity contribution in [1.82, 2.24) is 4.90 Å². The summed E-state index contributed by atoms with van der Waals surface area (Å²) in [6.45, 7) is 0.242. The first-order chi connectivity index (χ1) is 13.1. The van der Waals surface area contributed by atoms with E-state index in [-0.39, 0.29) is 19.8 Å². The highest BCUT2D eigenvalue weighted by molar-refractivity contribution is 5.89. The van der Waals surface area contributed by atoms with Crippen LogP contribution in [0, 0.1) is 0 Å². The molecule has 142 valence electrons. The van der Waals surface area contributed by atoms with Gasteiger partial charge in [-0.05, 0) is 30.5 Å². The summed E-state index contributed by atoms with van der Waals surface area (Å²) in [6, 6.07) is 18.0. The van der Waals surface area contributed by atoms with E-state index in [0.29, 0.717) is 24.9 Å². The Morgan fingerprint density at radius 1 is 1.00 bits per heavy atom. The topological polar surface area (TPSA) is 76.1 Å². The lowest BCUT2D eigenvalue weighted by Crippen LogP contribution is -2.53. The molecule has 1 aliphatic heterocycles. The van der Waals surface area contributed by atoms with Crippen molar-refractivity contribution < 1.29 is 24.2 Å². The predicted molar refractivity (Wildman–Crippen MR) is 99.1 cm³/mol. The van der Waals surface area contributed by atoms with Gasteiger partial charge >= 0.3 is 12.1 Å². The number of likely N-dealkylation sites (tertiary alicyclic amines) is 1. The monoisotopic (exact) mass is 369 g/mol. The van der Waals surface area contributed by atoms with Crippen molar-refractivity contribution in [3.8, 4) is 0 Å². The molecular formula is C21H23NO5. The van der Waals surface area contributed by atoms with Crippen molar-refractivity contribution in [1.29, 1.82) is 0 Å². The number of rotatable bonds is 6. The number of aliphatic hydroxyl groups excluding tert-OH is 1. The third kappa shape index (κ3) is 4.46. The van der Waals surface area contributed by atoms with Crippen LogP contribution in [0.1, 0.15) is 28.8 Å². The van der Waals surface area contributed by atoms with Crippen molar-refractivity contribution in [2.45, 2.75) is 25.0 Å². The Morgan fingerprint density at radius 2 is 1.67 bits per heavy atom. The van der Waals surface area contributed by atoms with Gasteiger partial charge in [-0.1, -0.05) is 48.5 Å². The normalized spacial score (nSPS) is 18.9. The van der Waals surface area contributed by atoms with Gasteiger partial charge in [0, 0.05) is 6.54 Å². The van der Waals surface area contributed by atoms with Gasteiger partial charge in [0.15, 0.2) is 0 Å². The van der Waals surface area contributed by atoms with Crippen LogP contribution in [0.15, 0.2) is 60.7 Å². The molecular weight excluding hydrogens is 346 g/mol. The standard InChI is InChI=1S/C21H23NO5/c23-15-21(16-27-19(24)18-10-5-2-6-11-18)12-7-13-22(21)20(25)26-14-17-8-3-1-4-9-17/h1-6,8-11,23H,7,12-16H2. The molecule has 1 saturated heterocycles. The van der Waals surface area contributed by atoms with Gasteiger partial charge in [-0.2, -0.15) is 0 Å². The summed E-state index contributed by atoms with van der Waals surface area (Å²) < 4.78 is 10.8. The number of carbonyl (C=O) groups is 2. The van der Waals surface area contributed by atoms with Crippen LogP contribution >= 0.6 is 0 Å². The third-order valence-electron chi connectivity index (χ3n) is 4.80. The molecule has 0 bridgehead atoms. The third-order valence-corrected chi connectivity index (χ3v) is 4.80. The van der Waals surface area contributed by atoms with Crippen LogP contribution in [0.3, 0.4) is 0 Å². The van der Waals surface area contributed by atoms with Gasteiger partial charge in [0.1, 0.15) is 18.8 Å². The van der Waals surface area contributed by atoms with E-state index >= 15 is 0 Å². The number of carbonyl (C=O) groups excluding carboxylic acids is 2. The highest BCUT2D eigenvalue weighted by Gasteiger charge is 2.45. The van der Waals surface area contributed by atoms with Crippen molar-refractivity contribution in [2.75, 3.05) is 19.8 Å². The van der Waals surface area contributed by atoms with Gasteiger partial charge in [0.25, 0.3) is 0 Å². The highest BCUT2D eigenvalue weighted by Crippen LogP contribution is 2.30. The van der Waals surface area contributed by atoms with Gasteiger partial charge in [0.2, 0.25) is 0 Å². The van der Waals surface area contributed by atoms with Crippen LogP contribution in [-0.4, -0.2) is 47.4 Å². The molecule has 0 aliphatic carbocycles. The first-order valence-electron chi connectivity index (χ1n) is 8.96. The smallest absolute Gasteiger partial charge is 0.410 e. The molecule has 0 aromatic heterocycles. The molecule has 1 N–H and O–H groups in total. The van der Waals surface area contributed by atoms with E-state index in [1.165, 1.54) is 4.90 Å². The van der Waals surface area contributed by atoms with Gasteiger partial charge in [-0.15, -0.1) is 0 Å². The van der Waals surface area contributed by atoms with Gasteiger partial charge in [-0.25, -0.2) is 9.59 Å². The molecule has 0 saturated carbocycles. The van der Waals surface area contributed by atoms with Crippen LogP contribution in [0.4, 0.5) is 4.79 Å². The molecule has 27 heavy (non-hydrogen) atoms. The molecule has 2 aromatic carbocycles. The fourth-order valence-electron chi connectivity index (χ4n) is 3.24. The van der Waals surface area contributed by atoms with Crippen LogP contribution in [0.25, 0.3) is 0 Å². The average Bonchev–Trinajstić information content (AvgIpc) is 3.16. The van der Waals surface area contributed by atoms with Crippen molar-refractivity contribution in [3.05, 3.63) is 71.8 Å². The molecule has 1 heterocycles. The quantitative estimate of drug-likeness (QED) is 0.792.